The quantitative estimate of drug-likeness (QED) is 0.583. The maximum Gasteiger partial charge on any atom is 0.338 e. The Morgan fingerprint density at radius 2 is 1.82 bits per heavy atom. The molecule has 0 radical (unpaired) electrons. The molecule has 0 fully saturated rings. The predicted octanol–water partition coefficient (Wildman–Crippen LogP) is 4.97. The third kappa shape index (κ3) is 3.63. The number of aryl methyl sites for hydroxylation is 2. The molecule has 0 N–H and O–H groups in total. The van der Waals surface area contributed by atoms with Crippen molar-refractivity contribution < 1.29 is 19.0 Å². The summed E-state index contributed by atoms with van der Waals surface area (Å²) in [5, 5.41) is 0.556. The van der Waals surface area contributed by atoms with Gasteiger partial charge >= 0.3 is 5.97 Å². The molecular weight excluding hydrogens is 378 g/mol. The van der Waals surface area contributed by atoms with Crippen molar-refractivity contribution in [1.29, 1.82) is 0 Å². The monoisotopic (exact) mass is 397 g/mol. The van der Waals surface area contributed by atoms with Crippen LogP contribution in [0.3, 0.4) is 0 Å². The second-order valence-corrected chi connectivity index (χ2v) is 7.17. The van der Waals surface area contributed by atoms with Crippen LogP contribution in [0.1, 0.15) is 32.9 Å². The first kappa shape index (κ1) is 18.6. The van der Waals surface area contributed by atoms with Crippen molar-refractivity contribution in [3.8, 4) is 11.4 Å². The Hall–Kier alpha value is -2.76. The zero-order valence-corrected chi connectivity index (χ0v) is 16.5. The van der Waals surface area contributed by atoms with Gasteiger partial charge in [0.05, 0.1) is 12.2 Å². The van der Waals surface area contributed by atoms with Crippen molar-refractivity contribution in [3.05, 3.63) is 81.6 Å². The first-order valence-corrected chi connectivity index (χ1v) is 9.35. The minimum atomic E-state index is -0.395. The molecular formula is C22H20ClNO4. The molecule has 0 aliphatic carbocycles. The van der Waals surface area contributed by atoms with E-state index in [4.69, 9.17) is 25.8 Å². The number of esters is 1. The first-order valence-electron chi connectivity index (χ1n) is 8.97. The molecule has 1 aliphatic rings. The van der Waals surface area contributed by atoms with E-state index >= 15 is 0 Å². The minimum Gasteiger partial charge on any atom is -0.467 e. The zero-order valence-electron chi connectivity index (χ0n) is 15.7. The number of fused-ring (bicyclic) bond motifs is 1. The van der Waals surface area contributed by atoms with Gasteiger partial charge in [0.1, 0.15) is 12.4 Å². The van der Waals surface area contributed by atoms with E-state index in [1.807, 2.05) is 26.0 Å². The average molecular weight is 398 g/mol. The molecule has 0 saturated heterocycles. The fourth-order valence-electron chi connectivity index (χ4n) is 3.41. The van der Waals surface area contributed by atoms with E-state index in [1.165, 1.54) is 0 Å². The molecule has 1 aromatic heterocycles. The van der Waals surface area contributed by atoms with Crippen LogP contribution in [-0.2, 0) is 22.7 Å². The Morgan fingerprint density at radius 1 is 1.11 bits per heavy atom. The first-order chi connectivity index (χ1) is 13.5. The van der Waals surface area contributed by atoms with Crippen LogP contribution in [0.15, 0.2) is 48.5 Å². The van der Waals surface area contributed by atoms with E-state index in [-0.39, 0.29) is 13.4 Å². The predicted molar refractivity (Wildman–Crippen MR) is 106 cm³/mol. The molecule has 0 atom stereocenters. The highest BCUT2D eigenvalue weighted by atomic mass is 35.5. The lowest BCUT2D eigenvalue weighted by atomic mass is 10.1. The molecule has 4 rings (SSSR count). The summed E-state index contributed by atoms with van der Waals surface area (Å²) in [5.74, 6) is 0.283. The molecule has 144 valence electrons. The van der Waals surface area contributed by atoms with Crippen molar-refractivity contribution in [3.63, 3.8) is 0 Å². The number of benzene rings is 2. The normalized spacial score (nSPS) is 13.0. The summed E-state index contributed by atoms with van der Waals surface area (Å²) in [5.41, 5.74) is 5.37. The number of rotatable bonds is 4. The van der Waals surface area contributed by atoms with E-state index in [1.54, 1.807) is 24.3 Å². The van der Waals surface area contributed by atoms with E-state index in [2.05, 4.69) is 16.7 Å². The lowest BCUT2D eigenvalue weighted by molar-refractivity contribution is -0.0180. The third-order valence-corrected chi connectivity index (χ3v) is 4.96. The topological polar surface area (TPSA) is 49.7 Å². The van der Waals surface area contributed by atoms with Crippen LogP contribution in [0.4, 0.5) is 0 Å². The summed E-state index contributed by atoms with van der Waals surface area (Å²) < 4.78 is 18.4. The van der Waals surface area contributed by atoms with Crippen molar-refractivity contribution in [2.24, 2.45) is 0 Å². The average Bonchev–Trinajstić information content (AvgIpc) is 3.04. The molecule has 0 amide bonds. The maximum atomic E-state index is 12.5. The van der Waals surface area contributed by atoms with Gasteiger partial charge in [0, 0.05) is 33.2 Å². The number of hydrogen-bond donors (Lipinski definition) is 0. The highest BCUT2D eigenvalue weighted by molar-refractivity contribution is 6.30. The maximum absolute atomic E-state index is 12.5. The van der Waals surface area contributed by atoms with Crippen LogP contribution in [0, 0.1) is 13.8 Å². The van der Waals surface area contributed by atoms with Gasteiger partial charge < -0.3 is 18.8 Å². The highest BCUT2D eigenvalue weighted by Gasteiger charge is 2.18. The second-order valence-electron chi connectivity index (χ2n) is 6.74. The van der Waals surface area contributed by atoms with Crippen LogP contribution in [0.2, 0.25) is 5.02 Å². The number of hydrogen-bond acceptors (Lipinski definition) is 4. The van der Waals surface area contributed by atoms with Crippen molar-refractivity contribution in [1.82, 2.24) is 4.57 Å². The smallest absolute Gasteiger partial charge is 0.338 e. The highest BCUT2D eigenvalue weighted by Crippen LogP contribution is 2.32. The molecule has 3 aromatic rings. The minimum absolute atomic E-state index is 0.0826. The fraction of sp³-hybridized carbons (Fsp3) is 0.227. The van der Waals surface area contributed by atoms with Crippen LogP contribution < -0.4 is 4.74 Å². The van der Waals surface area contributed by atoms with Crippen LogP contribution >= 0.6 is 11.6 Å². The number of ether oxygens (including phenoxy) is 3. The van der Waals surface area contributed by atoms with Crippen LogP contribution in [0.25, 0.3) is 5.69 Å². The van der Waals surface area contributed by atoms with E-state index in [9.17, 15) is 4.79 Å². The molecule has 2 aromatic carbocycles. The molecule has 2 heterocycles. The zero-order chi connectivity index (χ0) is 19.7. The summed E-state index contributed by atoms with van der Waals surface area (Å²) >= 11 is 6.15. The number of carbonyl (C=O) groups excluding carboxylic acids is 1. The fourth-order valence-corrected chi connectivity index (χ4v) is 3.68. The van der Waals surface area contributed by atoms with Crippen molar-refractivity contribution >= 4 is 17.6 Å². The number of halogens is 1. The summed E-state index contributed by atoms with van der Waals surface area (Å²) in [6.07, 6.45) is 0. The van der Waals surface area contributed by atoms with Gasteiger partial charge in [0.25, 0.3) is 0 Å². The Balaban J connectivity index is 1.48. The van der Waals surface area contributed by atoms with Gasteiger partial charge in [-0.3, -0.25) is 0 Å². The molecule has 0 spiro atoms. The molecule has 1 aliphatic heterocycles. The lowest BCUT2D eigenvalue weighted by Gasteiger charge is -2.21. The molecule has 5 nitrogen and oxygen atoms in total. The van der Waals surface area contributed by atoms with E-state index in [0.29, 0.717) is 22.9 Å². The Bertz CT molecular complexity index is 1000. The van der Waals surface area contributed by atoms with Gasteiger partial charge in [-0.2, -0.15) is 0 Å². The Labute approximate surface area is 168 Å². The number of aromatic nitrogens is 1. The lowest BCUT2D eigenvalue weighted by Crippen LogP contribution is -2.14. The van der Waals surface area contributed by atoms with Gasteiger partial charge in [-0.05, 0) is 62.4 Å². The summed E-state index contributed by atoms with van der Waals surface area (Å²) in [7, 11) is 0. The summed E-state index contributed by atoms with van der Waals surface area (Å²) in [6.45, 7) is 4.78. The summed E-state index contributed by atoms with van der Waals surface area (Å²) in [4.78, 5) is 12.5. The summed E-state index contributed by atoms with van der Waals surface area (Å²) in [6, 6.07) is 15.1. The van der Waals surface area contributed by atoms with Gasteiger partial charge in [0.2, 0.25) is 0 Å². The van der Waals surface area contributed by atoms with Crippen LogP contribution in [0.5, 0.6) is 5.75 Å². The largest absolute Gasteiger partial charge is 0.467 e. The Kier molecular flexibility index (Phi) is 5.11. The SMILES string of the molecule is Cc1ccc(C)n1-c1ccc(C(=O)OCc2cc(Cl)cc3c2OCOC3)cc1. The molecule has 0 bridgehead atoms. The third-order valence-electron chi connectivity index (χ3n) is 4.74. The number of carbonyl (C=O) groups is 1. The second kappa shape index (κ2) is 7.70. The molecule has 28 heavy (non-hydrogen) atoms. The van der Waals surface area contributed by atoms with E-state index in [0.717, 1.165) is 28.2 Å². The van der Waals surface area contributed by atoms with Crippen LogP contribution in [-0.4, -0.2) is 17.3 Å². The number of nitrogens with zero attached hydrogens (tertiary/aromatic N) is 1. The molecule has 0 unspecified atom stereocenters. The standard InChI is InChI=1S/C22H20ClNO4/c1-14-3-4-15(2)24(14)20-7-5-16(6-8-20)22(25)27-12-18-10-19(23)9-17-11-26-13-28-21(17)18/h3-10H,11-13H2,1-2H3. The molecule has 6 heteroatoms. The Morgan fingerprint density at radius 3 is 2.54 bits per heavy atom. The van der Waals surface area contributed by atoms with Gasteiger partial charge in [-0.1, -0.05) is 11.6 Å². The van der Waals surface area contributed by atoms with Gasteiger partial charge in [0.15, 0.2) is 6.79 Å². The molecule has 0 saturated carbocycles. The van der Waals surface area contributed by atoms with Gasteiger partial charge in [-0.25, -0.2) is 4.79 Å². The van der Waals surface area contributed by atoms with Gasteiger partial charge in [-0.15, -0.1) is 0 Å². The van der Waals surface area contributed by atoms with Crippen molar-refractivity contribution in [2.45, 2.75) is 27.1 Å². The van der Waals surface area contributed by atoms with Crippen molar-refractivity contribution in [2.75, 3.05) is 6.79 Å². The van der Waals surface area contributed by atoms with E-state index < -0.39 is 5.97 Å².